The fourth-order valence-electron chi connectivity index (χ4n) is 2.41. The maximum absolute atomic E-state index is 12.1. The molecule has 120 valence electrons. The summed E-state index contributed by atoms with van der Waals surface area (Å²) in [5.74, 6) is -1.41. The Kier molecular flexibility index (Phi) is 4.16. The fourth-order valence-corrected chi connectivity index (χ4v) is 2.41. The Hall–Kier alpha value is -3.34. The highest BCUT2D eigenvalue weighted by Crippen LogP contribution is 2.29. The zero-order valence-corrected chi connectivity index (χ0v) is 13.0. The largest absolute Gasteiger partial charge is 0.507 e. The molecule has 3 rings (SSSR count). The van der Waals surface area contributed by atoms with Gasteiger partial charge in [-0.1, -0.05) is 42.0 Å². The lowest BCUT2D eigenvalue weighted by Gasteiger charge is -2.10. The van der Waals surface area contributed by atoms with Crippen molar-refractivity contribution in [1.29, 1.82) is 0 Å². The third-order valence-electron chi connectivity index (χ3n) is 3.66. The van der Waals surface area contributed by atoms with E-state index in [1.165, 1.54) is 0 Å². The molecule has 0 aliphatic rings. The molecule has 3 aromatic rings. The van der Waals surface area contributed by atoms with Gasteiger partial charge in [-0.3, -0.25) is 9.59 Å². The molecular formula is C19H16N2O3. The number of benzene rings is 3. The second kappa shape index (κ2) is 6.42. The van der Waals surface area contributed by atoms with Crippen LogP contribution in [0.15, 0.2) is 60.7 Å². The Labute approximate surface area is 138 Å². The van der Waals surface area contributed by atoms with Crippen molar-refractivity contribution in [3.63, 3.8) is 0 Å². The average molecular weight is 320 g/mol. The Morgan fingerprint density at radius 2 is 1.42 bits per heavy atom. The van der Waals surface area contributed by atoms with Crippen molar-refractivity contribution in [1.82, 2.24) is 0 Å². The lowest BCUT2D eigenvalue weighted by molar-refractivity contribution is -0.132. The summed E-state index contributed by atoms with van der Waals surface area (Å²) in [5.41, 5.74) is 2.08. The van der Waals surface area contributed by atoms with Crippen LogP contribution in [0.1, 0.15) is 5.56 Å². The molecule has 0 aliphatic heterocycles. The first-order valence-corrected chi connectivity index (χ1v) is 7.44. The van der Waals surface area contributed by atoms with Gasteiger partial charge in [-0.05, 0) is 31.2 Å². The molecule has 0 radical (unpaired) electrons. The predicted octanol–water partition coefficient (Wildman–Crippen LogP) is 3.43. The van der Waals surface area contributed by atoms with E-state index < -0.39 is 11.8 Å². The van der Waals surface area contributed by atoms with Crippen molar-refractivity contribution < 1.29 is 14.7 Å². The number of hydrogen-bond donors (Lipinski definition) is 3. The lowest BCUT2D eigenvalue weighted by Crippen LogP contribution is -2.29. The standard InChI is InChI=1S/C19H16N2O3/c1-12-8-10-13(11-9-12)20-18(23)19(24)21-16-6-2-5-15-14(16)4-3-7-17(15)22/h2-11,22H,1H3,(H,20,23)(H,21,24). The van der Waals surface area contributed by atoms with Crippen LogP contribution in [0.3, 0.4) is 0 Å². The van der Waals surface area contributed by atoms with Crippen molar-refractivity contribution in [2.75, 3.05) is 10.6 Å². The summed E-state index contributed by atoms with van der Waals surface area (Å²) in [6, 6.07) is 17.3. The average Bonchev–Trinajstić information content (AvgIpc) is 2.58. The number of fused-ring (bicyclic) bond motifs is 1. The molecule has 5 heteroatoms. The first kappa shape index (κ1) is 15.6. The zero-order chi connectivity index (χ0) is 17.1. The van der Waals surface area contributed by atoms with E-state index in [1.54, 1.807) is 48.5 Å². The number of nitrogens with one attached hydrogen (secondary N) is 2. The first-order valence-electron chi connectivity index (χ1n) is 7.44. The van der Waals surface area contributed by atoms with Gasteiger partial charge in [-0.15, -0.1) is 0 Å². The van der Waals surface area contributed by atoms with Gasteiger partial charge in [-0.2, -0.15) is 0 Å². The van der Waals surface area contributed by atoms with Crippen LogP contribution < -0.4 is 10.6 Å². The van der Waals surface area contributed by atoms with Gasteiger partial charge < -0.3 is 15.7 Å². The van der Waals surface area contributed by atoms with Crippen molar-refractivity contribution in [2.45, 2.75) is 6.92 Å². The number of carbonyl (C=O) groups is 2. The molecule has 0 saturated carbocycles. The number of anilines is 2. The smallest absolute Gasteiger partial charge is 0.314 e. The highest BCUT2D eigenvalue weighted by molar-refractivity contribution is 6.44. The highest BCUT2D eigenvalue weighted by atomic mass is 16.3. The van der Waals surface area contributed by atoms with Gasteiger partial charge in [0.2, 0.25) is 0 Å². The van der Waals surface area contributed by atoms with Gasteiger partial charge in [0.15, 0.2) is 0 Å². The molecule has 0 aliphatic carbocycles. The van der Waals surface area contributed by atoms with E-state index >= 15 is 0 Å². The van der Waals surface area contributed by atoms with E-state index in [2.05, 4.69) is 10.6 Å². The summed E-state index contributed by atoms with van der Waals surface area (Å²) in [4.78, 5) is 24.2. The fraction of sp³-hybridized carbons (Fsp3) is 0.0526. The summed E-state index contributed by atoms with van der Waals surface area (Å²) in [5, 5.41) is 16.3. The normalized spacial score (nSPS) is 10.4. The SMILES string of the molecule is Cc1ccc(NC(=O)C(=O)Nc2cccc3c(O)cccc23)cc1. The van der Waals surface area contributed by atoms with Crippen molar-refractivity contribution in [3.05, 3.63) is 66.2 Å². The predicted molar refractivity (Wildman–Crippen MR) is 94.1 cm³/mol. The minimum Gasteiger partial charge on any atom is -0.507 e. The minimum absolute atomic E-state index is 0.118. The number of aryl methyl sites for hydroxylation is 1. The molecule has 3 N–H and O–H groups in total. The van der Waals surface area contributed by atoms with E-state index in [-0.39, 0.29) is 5.75 Å². The summed E-state index contributed by atoms with van der Waals surface area (Å²) in [6.07, 6.45) is 0. The maximum atomic E-state index is 12.1. The van der Waals surface area contributed by atoms with Crippen LogP contribution in [0, 0.1) is 6.92 Å². The van der Waals surface area contributed by atoms with Crippen LogP contribution >= 0.6 is 0 Å². The van der Waals surface area contributed by atoms with E-state index in [1.807, 2.05) is 19.1 Å². The Morgan fingerprint density at radius 3 is 2.17 bits per heavy atom. The molecule has 0 fully saturated rings. The van der Waals surface area contributed by atoms with E-state index in [4.69, 9.17) is 0 Å². The molecule has 0 saturated heterocycles. The Morgan fingerprint density at radius 1 is 0.792 bits per heavy atom. The number of amides is 2. The third kappa shape index (κ3) is 3.20. The van der Waals surface area contributed by atoms with Crippen LogP contribution in [0.2, 0.25) is 0 Å². The van der Waals surface area contributed by atoms with Gasteiger partial charge in [0.05, 0.1) is 0 Å². The molecule has 0 bridgehead atoms. The number of phenols is 1. The van der Waals surface area contributed by atoms with Crippen molar-refractivity contribution in [2.24, 2.45) is 0 Å². The van der Waals surface area contributed by atoms with Gasteiger partial charge in [-0.25, -0.2) is 0 Å². The zero-order valence-electron chi connectivity index (χ0n) is 13.0. The molecule has 0 unspecified atom stereocenters. The monoisotopic (exact) mass is 320 g/mol. The molecular weight excluding hydrogens is 304 g/mol. The molecule has 0 heterocycles. The summed E-state index contributed by atoms with van der Waals surface area (Å²) in [6.45, 7) is 1.94. The van der Waals surface area contributed by atoms with Crippen molar-refractivity contribution in [3.8, 4) is 5.75 Å². The second-order valence-corrected chi connectivity index (χ2v) is 5.45. The molecule has 3 aromatic carbocycles. The molecule has 0 spiro atoms. The van der Waals surface area contributed by atoms with E-state index in [0.717, 1.165) is 5.56 Å². The van der Waals surface area contributed by atoms with Crippen LogP contribution in [0.4, 0.5) is 11.4 Å². The van der Waals surface area contributed by atoms with Gasteiger partial charge >= 0.3 is 11.8 Å². The summed E-state index contributed by atoms with van der Waals surface area (Å²) < 4.78 is 0. The number of rotatable bonds is 2. The van der Waals surface area contributed by atoms with Gasteiger partial charge in [0.25, 0.3) is 0 Å². The second-order valence-electron chi connectivity index (χ2n) is 5.45. The summed E-state index contributed by atoms with van der Waals surface area (Å²) >= 11 is 0. The van der Waals surface area contributed by atoms with Crippen LogP contribution in [-0.2, 0) is 9.59 Å². The highest BCUT2D eigenvalue weighted by Gasteiger charge is 2.15. The number of aromatic hydroxyl groups is 1. The summed E-state index contributed by atoms with van der Waals surface area (Å²) in [7, 11) is 0. The van der Waals surface area contributed by atoms with Crippen LogP contribution in [0.25, 0.3) is 10.8 Å². The maximum Gasteiger partial charge on any atom is 0.314 e. The van der Waals surface area contributed by atoms with Crippen LogP contribution in [0.5, 0.6) is 5.75 Å². The molecule has 2 amide bonds. The van der Waals surface area contributed by atoms with E-state index in [9.17, 15) is 14.7 Å². The number of carbonyl (C=O) groups excluding carboxylic acids is 2. The number of phenolic OH excluding ortho intramolecular Hbond substituents is 1. The molecule has 24 heavy (non-hydrogen) atoms. The van der Waals surface area contributed by atoms with Gasteiger partial charge in [0.1, 0.15) is 5.75 Å². The van der Waals surface area contributed by atoms with E-state index in [0.29, 0.717) is 22.1 Å². The van der Waals surface area contributed by atoms with Crippen LogP contribution in [-0.4, -0.2) is 16.9 Å². The lowest BCUT2D eigenvalue weighted by atomic mass is 10.1. The third-order valence-corrected chi connectivity index (χ3v) is 3.66. The molecule has 0 aromatic heterocycles. The van der Waals surface area contributed by atoms with Crippen molar-refractivity contribution >= 4 is 34.0 Å². The van der Waals surface area contributed by atoms with Gasteiger partial charge in [0, 0.05) is 22.1 Å². The molecule has 5 nitrogen and oxygen atoms in total. The number of hydrogen-bond acceptors (Lipinski definition) is 3. The first-order chi connectivity index (χ1) is 11.5. The quantitative estimate of drug-likeness (QED) is 0.633. The Balaban J connectivity index is 1.78. The molecule has 0 atom stereocenters. The topological polar surface area (TPSA) is 78.4 Å². The minimum atomic E-state index is -0.772. The Bertz CT molecular complexity index is 918.